The van der Waals surface area contributed by atoms with E-state index in [1.165, 1.54) is 231 Å². The number of aliphatic carboxylic acids is 1. The lowest BCUT2D eigenvalue weighted by atomic mass is 10.0. The monoisotopic (exact) mass is 1030 g/mol. The molecule has 0 radical (unpaired) electrons. The van der Waals surface area contributed by atoms with E-state index in [-0.39, 0.29) is 32.2 Å². The lowest BCUT2D eigenvalue weighted by Crippen LogP contribution is -2.40. The zero-order valence-corrected chi connectivity index (χ0v) is 49.1. The molecule has 0 aliphatic rings. The first-order valence-electron chi connectivity index (χ1n) is 31.5. The first kappa shape index (κ1) is 70.8. The van der Waals surface area contributed by atoms with E-state index in [9.17, 15) is 19.5 Å². The molecule has 0 bridgehead atoms. The number of ether oxygens (including phenoxy) is 4. The fourth-order valence-electron chi connectivity index (χ4n) is 9.34. The number of nitrogens with zero attached hydrogens (tertiary/aromatic N) is 1. The average Bonchev–Trinajstić information content (AvgIpc) is 3.36. The Morgan fingerprint density at radius 2 is 0.740 bits per heavy atom. The van der Waals surface area contributed by atoms with Gasteiger partial charge in [0.15, 0.2) is 6.10 Å². The molecule has 0 heterocycles. The van der Waals surface area contributed by atoms with E-state index in [0.717, 1.165) is 51.4 Å². The molecule has 0 fully saturated rings. The first-order chi connectivity index (χ1) is 35.6. The zero-order valence-electron chi connectivity index (χ0n) is 49.1. The van der Waals surface area contributed by atoms with Crippen LogP contribution >= 0.6 is 0 Å². The van der Waals surface area contributed by atoms with Gasteiger partial charge in [-0.3, -0.25) is 9.59 Å². The summed E-state index contributed by atoms with van der Waals surface area (Å²) < 4.78 is 22.9. The predicted molar refractivity (Wildman–Crippen MR) is 309 cm³/mol. The Morgan fingerprint density at radius 1 is 0.411 bits per heavy atom. The quantitative estimate of drug-likeness (QED) is 0.0211. The molecular weight excluding hydrogens is 911 g/mol. The Hall–Kier alpha value is -2.23. The predicted octanol–water partition coefficient (Wildman–Crippen LogP) is 18.7. The molecule has 2 atom stereocenters. The van der Waals surface area contributed by atoms with Crippen LogP contribution in [0.3, 0.4) is 0 Å². The van der Waals surface area contributed by atoms with Crippen molar-refractivity contribution in [3.05, 3.63) is 24.3 Å². The molecule has 430 valence electrons. The number of carbonyl (C=O) groups excluding carboxylic acids is 2. The third-order valence-electron chi connectivity index (χ3n) is 14.2. The van der Waals surface area contributed by atoms with Gasteiger partial charge in [-0.2, -0.15) is 0 Å². The van der Waals surface area contributed by atoms with Crippen molar-refractivity contribution in [2.45, 2.75) is 322 Å². The molecule has 9 heteroatoms. The van der Waals surface area contributed by atoms with Crippen molar-refractivity contribution in [2.75, 3.05) is 47.5 Å². The summed E-state index contributed by atoms with van der Waals surface area (Å²) in [6.45, 7) is 4.92. The van der Waals surface area contributed by atoms with Crippen molar-refractivity contribution in [1.82, 2.24) is 0 Å². The summed E-state index contributed by atoms with van der Waals surface area (Å²) in [5, 5.41) is 9.72. The lowest BCUT2D eigenvalue weighted by Gasteiger charge is -2.25. The van der Waals surface area contributed by atoms with Crippen molar-refractivity contribution in [3.63, 3.8) is 0 Å². The maximum atomic E-state index is 12.9. The highest BCUT2D eigenvalue weighted by Crippen LogP contribution is 2.18. The van der Waals surface area contributed by atoms with Crippen LogP contribution in [-0.2, 0) is 33.3 Å². The largest absolute Gasteiger partial charge is 0.477 e. The summed E-state index contributed by atoms with van der Waals surface area (Å²) in [7, 11) is 5.98. The Kier molecular flexibility index (Phi) is 54.3. The summed E-state index contributed by atoms with van der Waals surface area (Å²) in [5.74, 6) is -1.99. The van der Waals surface area contributed by atoms with E-state index in [2.05, 4.69) is 38.2 Å². The fraction of sp³-hybridized carbons (Fsp3) is 0.891. The summed E-state index contributed by atoms with van der Waals surface area (Å²) in [6.07, 6.45) is 64.1. The van der Waals surface area contributed by atoms with Crippen molar-refractivity contribution in [1.29, 1.82) is 0 Å². The second-order valence-corrected chi connectivity index (χ2v) is 22.7. The standard InChI is InChI=1S/C64H121NO8/c1-6-8-10-12-14-16-18-20-22-24-26-28-29-30-31-32-33-35-36-38-40-42-44-46-48-50-52-54-61(66)71-58-60(59-72-64(63(68)69)70-57-56-65(3,4)5)73-62(67)55-53-51-49-47-45-43-41-39-37-34-27-25-23-21-19-17-15-13-11-9-7-2/h19,21,25,27,60,64H,6-18,20,22-24,26,28-59H2,1-5H3/p+1/b21-19-,27-25-. The molecule has 0 amide bonds. The van der Waals surface area contributed by atoms with Crippen molar-refractivity contribution >= 4 is 17.9 Å². The molecular formula is C64H122NO8+. The SMILES string of the molecule is CCCCCCC/C=C\C/C=C\CCCCCCCCCCCC(=O)OC(COC(=O)CCCCCCCCCCCCCCCCCCCCCCCCCCCCC)COC(OCC[N+](C)(C)C)C(=O)O. The normalized spacial score (nSPS) is 12.8. The van der Waals surface area contributed by atoms with Crippen LogP contribution in [0.2, 0.25) is 0 Å². The van der Waals surface area contributed by atoms with Gasteiger partial charge in [-0.15, -0.1) is 0 Å². The van der Waals surface area contributed by atoms with Crippen LogP contribution < -0.4 is 0 Å². The summed E-state index contributed by atoms with van der Waals surface area (Å²) in [4.78, 5) is 37.5. The third-order valence-corrected chi connectivity index (χ3v) is 14.2. The van der Waals surface area contributed by atoms with Gasteiger partial charge in [0.1, 0.15) is 13.2 Å². The van der Waals surface area contributed by atoms with E-state index < -0.39 is 24.3 Å². The second-order valence-electron chi connectivity index (χ2n) is 22.7. The van der Waals surface area contributed by atoms with E-state index in [1.807, 2.05) is 21.1 Å². The highest BCUT2D eigenvalue weighted by molar-refractivity contribution is 5.71. The van der Waals surface area contributed by atoms with Crippen molar-refractivity contribution in [2.24, 2.45) is 0 Å². The van der Waals surface area contributed by atoms with Crippen LogP contribution in [0, 0.1) is 0 Å². The maximum absolute atomic E-state index is 12.9. The zero-order chi connectivity index (χ0) is 53.4. The number of allylic oxidation sites excluding steroid dienone is 4. The molecule has 0 saturated carbocycles. The van der Waals surface area contributed by atoms with E-state index in [0.29, 0.717) is 17.4 Å². The van der Waals surface area contributed by atoms with Crippen molar-refractivity contribution in [3.8, 4) is 0 Å². The molecule has 0 aromatic carbocycles. The maximum Gasteiger partial charge on any atom is 0.361 e. The number of carboxylic acid groups (broad SMARTS) is 1. The van der Waals surface area contributed by atoms with Gasteiger partial charge in [-0.25, -0.2) is 4.79 Å². The van der Waals surface area contributed by atoms with Crippen LogP contribution in [0.4, 0.5) is 0 Å². The summed E-state index contributed by atoms with van der Waals surface area (Å²) in [5.41, 5.74) is 0. The number of unbranched alkanes of at least 4 members (excludes halogenated alkanes) is 40. The van der Waals surface area contributed by atoms with Gasteiger partial charge in [-0.1, -0.05) is 276 Å². The van der Waals surface area contributed by atoms with Crippen LogP contribution in [-0.4, -0.2) is 87.4 Å². The molecule has 0 saturated heterocycles. The number of quaternary nitrogens is 1. The minimum absolute atomic E-state index is 0.178. The average molecular weight is 1030 g/mol. The molecule has 73 heavy (non-hydrogen) atoms. The van der Waals surface area contributed by atoms with E-state index >= 15 is 0 Å². The number of hydrogen-bond donors (Lipinski definition) is 1. The molecule has 2 unspecified atom stereocenters. The van der Waals surface area contributed by atoms with E-state index in [4.69, 9.17) is 18.9 Å². The smallest absolute Gasteiger partial charge is 0.361 e. The highest BCUT2D eigenvalue weighted by atomic mass is 16.7. The van der Waals surface area contributed by atoms with Crippen LogP contribution in [0.1, 0.15) is 309 Å². The molecule has 0 aromatic rings. The summed E-state index contributed by atoms with van der Waals surface area (Å²) in [6, 6.07) is 0. The minimum atomic E-state index is -1.51. The molecule has 0 aromatic heterocycles. The van der Waals surface area contributed by atoms with Crippen LogP contribution in [0.5, 0.6) is 0 Å². The number of rotatable bonds is 59. The Bertz CT molecular complexity index is 1250. The molecule has 0 aliphatic heterocycles. The molecule has 0 rings (SSSR count). The van der Waals surface area contributed by atoms with Gasteiger partial charge in [0.2, 0.25) is 0 Å². The third kappa shape index (κ3) is 57.3. The van der Waals surface area contributed by atoms with Crippen LogP contribution in [0.15, 0.2) is 24.3 Å². The number of carboxylic acids is 1. The van der Waals surface area contributed by atoms with Gasteiger partial charge in [-0.05, 0) is 44.9 Å². The topological polar surface area (TPSA) is 108 Å². The van der Waals surface area contributed by atoms with E-state index in [1.54, 1.807) is 0 Å². The van der Waals surface area contributed by atoms with Crippen molar-refractivity contribution < 1.29 is 42.9 Å². The number of likely N-dealkylation sites (N-methyl/N-ethyl adjacent to an activating group) is 1. The number of hydrogen-bond acceptors (Lipinski definition) is 7. The van der Waals surface area contributed by atoms with Gasteiger partial charge in [0.05, 0.1) is 34.4 Å². The second kappa shape index (κ2) is 56.0. The number of esters is 2. The molecule has 0 aliphatic carbocycles. The van der Waals surface area contributed by atoms with Crippen LogP contribution in [0.25, 0.3) is 0 Å². The Balaban J connectivity index is 4.14. The fourth-order valence-corrected chi connectivity index (χ4v) is 9.34. The highest BCUT2D eigenvalue weighted by Gasteiger charge is 2.25. The minimum Gasteiger partial charge on any atom is -0.477 e. The lowest BCUT2D eigenvalue weighted by molar-refractivity contribution is -0.870. The molecule has 1 N–H and O–H groups in total. The summed E-state index contributed by atoms with van der Waals surface area (Å²) >= 11 is 0. The van der Waals surface area contributed by atoms with Gasteiger partial charge < -0.3 is 28.5 Å². The molecule has 9 nitrogen and oxygen atoms in total. The Morgan fingerprint density at radius 3 is 1.08 bits per heavy atom. The first-order valence-corrected chi connectivity index (χ1v) is 31.5. The molecule has 0 spiro atoms. The van der Waals surface area contributed by atoms with Gasteiger partial charge in [0.25, 0.3) is 6.29 Å². The number of carbonyl (C=O) groups is 3. The van der Waals surface area contributed by atoms with Gasteiger partial charge in [0, 0.05) is 12.8 Å². The Labute approximate surface area is 452 Å². The van der Waals surface area contributed by atoms with Gasteiger partial charge >= 0.3 is 17.9 Å².